The lowest BCUT2D eigenvalue weighted by atomic mass is 9.89. The molecule has 4 nitrogen and oxygen atoms in total. The van der Waals surface area contributed by atoms with E-state index in [4.69, 9.17) is 4.74 Å². The number of ether oxygens (including phenoxy) is 1. The van der Waals surface area contributed by atoms with Crippen LogP contribution in [0, 0.1) is 0 Å². The number of hydrogen-bond acceptors (Lipinski definition) is 4. The van der Waals surface area contributed by atoms with Crippen molar-refractivity contribution >= 4 is 5.69 Å². The standard InChI is InChI=1S/C17H27N3O/c1-2-8-18-12-14-7-9-19-13-16(14)20-10-11-21-17-6-4-3-5-15(17)20/h7,9,13,15,17-18H,2-6,8,10-12H2,1H3. The third-order valence-electron chi connectivity index (χ3n) is 4.67. The summed E-state index contributed by atoms with van der Waals surface area (Å²) < 4.78 is 5.99. The molecule has 0 bridgehead atoms. The molecule has 1 aromatic rings. The van der Waals surface area contributed by atoms with Gasteiger partial charge in [0.25, 0.3) is 0 Å². The highest BCUT2D eigenvalue weighted by Crippen LogP contribution is 2.33. The maximum Gasteiger partial charge on any atom is 0.0779 e. The molecule has 4 heteroatoms. The number of morpholine rings is 1. The summed E-state index contributed by atoms with van der Waals surface area (Å²) in [5.41, 5.74) is 2.67. The fourth-order valence-corrected chi connectivity index (χ4v) is 3.62. The van der Waals surface area contributed by atoms with Crippen LogP contribution in [0.15, 0.2) is 18.5 Å². The van der Waals surface area contributed by atoms with Gasteiger partial charge in [0.15, 0.2) is 0 Å². The van der Waals surface area contributed by atoms with Crippen LogP contribution in [0.5, 0.6) is 0 Å². The summed E-state index contributed by atoms with van der Waals surface area (Å²) in [6.07, 6.45) is 10.6. The zero-order valence-corrected chi connectivity index (χ0v) is 13.1. The Labute approximate surface area is 127 Å². The fraction of sp³-hybridized carbons (Fsp3) is 0.706. The van der Waals surface area contributed by atoms with E-state index in [0.717, 1.165) is 26.2 Å². The molecule has 0 amide bonds. The van der Waals surface area contributed by atoms with E-state index in [9.17, 15) is 0 Å². The first-order chi connectivity index (χ1) is 10.4. The first-order valence-corrected chi connectivity index (χ1v) is 8.42. The van der Waals surface area contributed by atoms with Crippen molar-refractivity contribution in [2.75, 3.05) is 24.6 Å². The van der Waals surface area contributed by atoms with Crippen LogP contribution in [-0.4, -0.2) is 36.8 Å². The first-order valence-electron chi connectivity index (χ1n) is 8.42. The van der Waals surface area contributed by atoms with E-state index in [1.165, 1.54) is 43.4 Å². The van der Waals surface area contributed by atoms with Gasteiger partial charge in [-0.2, -0.15) is 0 Å². The summed E-state index contributed by atoms with van der Waals surface area (Å²) in [5, 5.41) is 3.52. The van der Waals surface area contributed by atoms with Gasteiger partial charge in [0.05, 0.1) is 30.6 Å². The van der Waals surface area contributed by atoms with Crippen LogP contribution in [-0.2, 0) is 11.3 Å². The van der Waals surface area contributed by atoms with Crippen LogP contribution in [0.3, 0.4) is 0 Å². The zero-order valence-electron chi connectivity index (χ0n) is 13.1. The molecule has 1 aliphatic carbocycles. The molecule has 2 fully saturated rings. The summed E-state index contributed by atoms with van der Waals surface area (Å²) in [7, 11) is 0. The van der Waals surface area contributed by atoms with Crippen molar-refractivity contribution in [3.63, 3.8) is 0 Å². The highest BCUT2D eigenvalue weighted by molar-refractivity contribution is 5.53. The second kappa shape index (κ2) is 7.23. The average molecular weight is 289 g/mol. The molecule has 1 saturated carbocycles. The number of rotatable bonds is 5. The van der Waals surface area contributed by atoms with E-state index in [1.54, 1.807) is 0 Å². The Kier molecular flexibility index (Phi) is 5.09. The van der Waals surface area contributed by atoms with Crippen molar-refractivity contribution in [3.8, 4) is 0 Å². The number of fused-ring (bicyclic) bond motifs is 1. The molecule has 3 rings (SSSR count). The molecule has 1 aliphatic heterocycles. The maximum atomic E-state index is 5.99. The Morgan fingerprint density at radius 1 is 1.38 bits per heavy atom. The Morgan fingerprint density at radius 2 is 2.29 bits per heavy atom. The van der Waals surface area contributed by atoms with E-state index in [2.05, 4.69) is 28.2 Å². The smallest absolute Gasteiger partial charge is 0.0779 e. The number of nitrogens with zero attached hydrogens (tertiary/aromatic N) is 2. The van der Waals surface area contributed by atoms with Crippen LogP contribution >= 0.6 is 0 Å². The van der Waals surface area contributed by atoms with Gasteiger partial charge >= 0.3 is 0 Å². The molecule has 2 atom stereocenters. The first kappa shape index (κ1) is 14.8. The summed E-state index contributed by atoms with van der Waals surface area (Å²) in [5.74, 6) is 0. The molecule has 0 spiro atoms. The normalized spacial score (nSPS) is 25.7. The van der Waals surface area contributed by atoms with Crippen molar-refractivity contribution in [2.24, 2.45) is 0 Å². The number of pyridine rings is 1. The number of nitrogens with one attached hydrogen (secondary N) is 1. The van der Waals surface area contributed by atoms with Crippen LogP contribution in [0.1, 0.15) is 44.6 Å². The highest BCUT2D eigenvalue weighted by Gasteiger charge is 2.35. The quantitative estimate of drug-likeness (QED) is 0.846. The third-order valence-corrected chi connectivity index (χ3v) is 4.67. The van der Waals surface area contributed by atoms with Gasteiger partial charge in [-0.05, 0) is 37.4 Å². The van der Waals surface area contributed by atoms with E-state index < -0.39 is 0 Å². The predicted molar refractivity (Wildman–Crippen MR) is 85.6 cm³/mol. The molecule has 0 aromatic carbocycles. The Balaban J connectivity index is 1.78. The predicted octanol–water partition coefficient (Wildman–Crippen LogP) is 2.73. The lowest BCUT2D eigenvalue weighted by Crippen LogP contribution is -2.53. The summed E-state index contributed by atoms with van der Waals surface area (Å²) in [6, 6.07) is 2.70. The molecular formula is C17H27N3O. The third kappa shape index (κ3) is 3.38. The molecule has 2 heterocycles. The lowest BCUT2D eigenvalue weighted by Gasteiger charge is -2.45. The second-order valence-electron chi connectivity index (χ2n) is 6.14. The minimum Gasteiger partial charge on any atom is -0.374 e. The van der Waals surface area contributed by atoms with E-state index in [-0.39, 0.29) is 0 Å². The van der Waals surface area contributed by atoms with Crippen molar-refractivity contribution in [1.29, 1.82) is 0 Å². The zero-order chi connectivity index (χ0) is 14.5. The molecule has 1 saturated heterocycles. The molecule has 1 N–H and O–H groups in total. The highest BCUT2D eigenvalue weighted by atomic mass is 16.5. The Bertz CT molecular complexity index is 449. The van der Waals surface area contributed by atoms with Crippen LogP contribution in [0.25, 0.3) is 0 Å². The fourth-order valence-electron chi connectivity index (χ4n) is 3.62. The second-order valence-corrected chi connectivity index (χ2v) is 6.14. The number of aromatic nitrogens is 1. The monoisotopic (exact) mass is 289 g/mol. The summed E-state index contributed by atoms with van der Waals surface area (Å²) in [4.78, 5) is 6.93. The van der Waals surface area contributed by atoms with Crippen molar-refractivity contribution in [2.45, 2.75) is 57.7 Å². The van der Waals surface area contributed by atoms with E-state index >= 15 is 0 Å². The minimum atomic E-state index is 0.421. The van der Waals surface area contributed by atoms with Crippen molar-refractivity contribution in [3.05, 3.63) is 24.0 Å². The molecule has 21 heavy (non-hydrogen) atoms. The van der Waals surface area contributed by atoms with E-state index in [1.807, 2.05) is 12.4 Å². The van der Waals surface area contributed by atoms with Gasteiger partial charge in [0.2, 0.25) is 0 Å². The van der Waals surface area contributed by atoms with Crippen molar-refractivity contribution < 1.29 is 4.74 Å². The topological polar surface area (TPSA) is 37.4 Å². The van der Waals surface area contributed by atoms with Gasteiger partial charge in [-0.3, -0.25) is 4.98 Å². The number of hydrogen-bond donors (Lipinski definition) is 1. The maximum absolute atomic E-state index is 5.99. The molecule has 0 radical (unpaired) electrons. The van der Waals surface area contributed by atoms with Gasteiger partial charge in [-0.25, -0.2) is 0 Å². The van der Waals surface area contributed by atoms with Gasteiger partial charge in [-0.15, -0.1) is 0 Å². The van der Waals surface area contributed by atoms with Crippen LogP contribution in [0.4, 0.5) is 5.69 Å². The summed E-state index contributed by atoms with van der Waals surface area (Å²) >= 11 is 0. The van der Waals surface area contributed by atoms with Crippen molar-refractivity contribution in [1.82, 2.24) is 10.3 Å². The molecule has 2 aliphatic rings. The number of anilines is 1. The minimum absolute atomic E-state index is 0.421. The SMILES string of the molecule is CCCNCc1ccncc1N1CCOC2CCCCC21. The lowest BCUT2D eigenvalue weighted by molar-refractivity contribution is -0.00876. The van der Waals surface area contributed by atoms with Crippen LogP contribution in [0.2, 0.25) is 0 Å². The molecule has 2 unspecified atom stereocenters. The van der Waals surface area contributed by atoms with Crippen LogP contribution < -0.4 is 10.2 Å². The average Bonchev–Trinajstić information content (AvgIpc) is 2.55. The van der Waals surface area contributed by atoms with Gasteiger partial charge in [-0.1, -0.05) is 19.8 Å². The largest absolute Gasteiger partial charge is 0.374 e. The van der Waals surface area contributed by atoms with Gasteiger partial charge in [0, 0.05) is 19.3 Å². The Morgan fingerprint density at radius 3 is 3.19 bits per heavy atom. The molecule has 116 valence electrons. The Hall–Kier alpha value is -1.13. The van der Waals surface area contributed by atoms with Gasteiger partial charge < -0.3 is 15.0 Å². The van der Waals surface area contributed by atoms with E-state index in [0.29, 0.717) is 12.1 Å². The summed E-state index contributed by atoms with van der Waals surface area (Å²) in [6.45, 7) is 6.04. The molecular weight excluding hydrogens is 262 g/mol. The van der Waals surface area contributed by atoms with Gasteiger partial charge in [0.1, 0.15) is 0 Å². The molecule has 1 aromatic heterocycles.